The summed E-state index contributed by atoms with van der Waals surface area (Å²) in [6.45, 7) is 4.39. The van der Waals surface area contributed by atoms with Crippen LogP contribution in [0, 0.1) is 6.92 Å². The monoisotopic (exact) mass is 512 g/mol. The highest BCUT2D eigenvalue weighted by Crippen LogP contribution is 2.43. The second kappa shape index (κ2) is 9.65. The van der Waals surface area contributed by atoms with E-state index in [1.54, 1.807) is 30.3 Å². The van der Waals surface area contributed by atoms with Crippen molar-refractivity contribution < 1.29 is 27.9 Å². The molecule has 0 radical (unpaired) electrons. The third-order valence-electron chi connectivity index (χ3n) is 5.61. The fraction of sp³-hybridized carbons (Fsp3) is 0.200. The predicted molar refractivity (Wildman–Crippen MR) is 134 cm³/mol. The van der Waals surface area contributed by atoms with Gasteiger partial charge in [-0.2, -0.15) is 0 Å². The van der Waals surface area contributed by atoms with Gasteiger partial charge in [-0.25, -0.2) is 13.6 Å². The fourth-order valence-electron chi connectivity index (χ4n) is 3.94. The van der Waals surface area contributed by atoms with Crippen molar-refractivity contribution in [2.24, 2.45) is 5.14 Å². The number of Topliss-reactive ketones (excluding diaryl/α,β-unsaturated/α-hetero) is 1. The number of aliphatic hydroxyl groups excluding tert-OH is 1. The number of carbonyl (C=O) groups is 2. The van der Waals surface area contributed by atoms with E-state index in [1.807, 2.05) is 19.2 Å². The Labute approximate surface area is 207 Å². The molecule has 2 heterocycles. The zero-order chi connectivity index (χ0) is 25.3. The standard InChI is InChI=1S/C25H24N2O6S2/c1-3-12-33-19-11-6-16(14-15(19)2)23(28)21-22(20-5-4-13-34-20)27(25(30)24(21)29)17-7-9-18(10-8-17)35(26,31)32/h4-11,13-14,22,28H,3,12H2,1-2H3,(H2,26,31,32)/b23-21-. The zero-order valence-electron chi connectivity index (χ0n) is 19.1. The molecule has 1 unspecified atom stereocenters. The Hall–Kier alpha value is -3.47. The van der Waals surface area contributed by atoms with Gasteiger partial charge in [0.25, 0.3) is 11.7 Å². The molecule has 3 N–H and O–H groups in total. The summed E-state index contributed by atoms with van der Waals surface area (Å²) < 4.78 is 29.0. The fourth-order valence-corrected chi connectivity index (χ4v) is 5.28. The average molecular weight is 513 g/mol. The van der Waals surface area contributed by atoms with Crippen molar-refractivity contribution in [1.29, 1.82) is 0 Å². The van der Waals surface area contributed by atoms with E-state index in [4.69, 9.17) is 9.88 Å². The molecular weight excluding hydrogens is 488 g/mol. The first kappa shape index (κ1) is 24.6. The second-order valence-corrected chi connectivity index (χ2v) is 10.6. The molecule has 0 saturated carbocycles. The number of sulfonamides is 1. The van der Waals surface area contributed by atoms with E-state index in [0.29, 0.717) is 28.5 Å². The first-order chi connectivity index (χ1) is 16.6. The first-order valence-electron chi connectivity index (χ1n) is 10.8. The van der Waals surface area contributed by atoms with E-state index in [-0.39, 0.29) is 16.2 Å². The third kappa shape index (κ3) is 4.72. The molecule has 1 saturated heterocycles. The number of ether oxygens (including phenoxy) is 1. The highest BCUT2D eigenvalue weighted by molar-refractivity contribution is 7.89. The molecule has 0 spiro atoms. The quantitative estimate of drug-likeness (QED) is 0.279. The number of aryl methyl sites for hydroxylation is 1. The van der Waals surface area contributed by atoms with Gasteiger partial charge in [-0.05, 0) is 72.8 Å². The Morgan fingerprint density at radius 1 is 1.14 bits per heavy atom. The van der Waals surface area contributed by atoms with Crippen LogP contribution < -0.4 is 14.8 Å². The number of thiophene rings is 1. The number of aliphatic hydroxyl groups is 1. The van der Waals surface area contributed by atoms with Gasteiger partial charge in [0, 0.05) is 16.1 Å². The number of primary sulfonamides is 1. The van der Waals surface area contributed by atoms with Crippen molar-refractivity contribution in [1.82, 2.24) is 0 Å². The van der Waals surface area contributed by atoms with Crippen LogP contribution in [0.4, 0.5) is 5.69 Å². The lowest BCUT2D eigenvalue weighted by molar-refractivity contribution is -0.132. The number of hydrogen-bond acceptors (Lipinski definition) is 7. The number of nitrogens with two attached hydrogens (primary N) is 1. The van der Waals surface area contributed by atoms with Gasteiger partial charge in [0.15, 0.2) is 0 Å². The van der Waals surface area contributed by atoms with Crippen molar-refractivity contribution >= 4 is 44.5 Å². The van der Waals surface area contributed by atoms with Crippen molar-refractivity contribution in [2.45, 2.75) is 31.2 Å². The Morgan fingerprint density at radius 2 is 1.86 bits per heavy atom. The Morgan fingerprint density at radius 3 is 2.43 bits per heavy atom. The van der Waals surface area contributed by atoms with Crippen LogP contribution in [0.15, 0.2) is 70.4 Å². The third-order valence-corrected chi connectivity index (χ3v) is 7.46. The van der Waals surface area contributed by atoms with E-state index in [9.17, 15) is 23.1 Å². The minimum Gasteiger partial charge on any atom is -0.507 e. The minimum absolute atomic E-state index is 0.0467. The topological polar surface area (TPSA) is 127 Å². The molecule has 0 bridgehead atoms. The van der Waals surface area contributed by atoms with Gasteiger partial charge in [-0.1, -0.05) is 13.0 Å². The van der Waals surface area contributed by atoms with Crippen LogP contribution in [0.1, 0.15) is 35.4 Å². The smallest absolute Gasteiger partial charge is 0.300 e. The van der Waals surface area contributed by atoms with E-state index in [0.717, 1.165) is 12.0 Å². The number of benzene rings is 2. The van der Waals surface area contributed by atoms with Crippen molar-refractivity contribution in [3.8, 4) is 5.75 Å². The maximum atomic E-state index is 13.2. The van der Waals surface area contributed by atoms with Crippen molar-refractivity contribution in [3.63, 3.8) is 0 Å². The maximum Gasteiger partial charge on any atom is 0.300 e. The van der Waals surface area contributed by atoms with Gasteiger partial charge >= 0.3 is 0 Å². The van der Waals surface area contributed by atoms with Gasteiger partial charge in [0.05, 0.1) is 17.1 Å². The van der Waals surface area contributed by atoms with Gasteiger partial charge in [-0.3, -0.25) is 14.5 Å². The summed E-state index contributed by atoms with van der Waals surface area (Å²) in [7, 11) is -3.93. The number of nitrogens with zero attached hydrogens (tertiary/aromatic N) is 1. The molecular formula is C25H24N2O6S2. The SMILES string of the molecule is CCCOc1ccc(/C(O)=C2/C(=O)C(=O)N(c3ccc(S(N)(=O)=O)cc3)C2c2cccs2)cc1C. The largest absolute Gasteiger partial charge is 0.507 e. The molecule has 1 atom stereocenters. The molecule has 2 aromatic carbocycles. The molecule has 10 heteroatoms. The first-order valence-corrected chi connectivity index (χ1v) is 13.3. The summed E-state index contributed by atoms with van der Waals surface area (Å²) in [6, 6.07) is 13.1. The highest BCUT2D eigenvalue weighted by atomic mass is 32.2. The van der Waals surface area contributed by atoms with Crippen LogP contribution in [0.25, 0.3) is 5.76 Å². The van der Waals surface area contributed by atoms with Crippen molar-refractivity contribution in [2.75, 3.05) is 11.5 Å². The molecule has 1 aromatic heterocycles. The number of amides is 1. The summed E-state index contributed by atoms with van der Waals surface area (Å²) >= 11 is 1.33. The van der Waals surface area contributed by atoms with Gasteiger partial charge in [0.2, 0.25) is 10.0 Å². The molecule has 1 fully saturated rings. The summed E-state index contributed by atoms with van der Waals surface area (Å²) in [4.78, 5) is 28.1. The van der Waals surface area contributed by atoms with E-state index < -0.39 is 27.8 Å². The lowest BCUT2D eigenvalue weighted by Gasteiger charge is -2.24. The number of hydrogen-bond donors (Lipinski definition) is 2. The van der Waals surface area contributed by atoms with Gasteiger partial charge in [-0.15, -0.1) is 11.3 Å². The molecule has 8 nitrogen and oxygen atoms in total. The van der Waals surface area contributed by atoms with E-state index in [2.05, 4.69) is 0 Å². The predicted octanol–water partition coefficient (Wildman–Crippen LogP) is 4.12. The van der Waals surface area contributed by atoms with Crippen LogP contribution in [0.3, 0.4) is 0 Å². The lowest BCUT2D eigenvalue weighted by Crippen LogP contribution is -2.29. The Bertz CT molecular complexity index is 1410. The Kier molecular flexibility index (Phi) is 6.79. The molecule has 182 valence electrons. The lowest BCUT2D eigenvalue weighted by atomic mass is 9.98. The van der Waals surface area contributed by atoms with Crippen LogP contribution >= 0.6 is 11.3 Å². The van der Waals surface area contributed by atoms with Crippen LogP contribution in [-0.4, -0.2) is 31.8 Å². The molecule has 1 aliphatic heterocycles. The summed E-state index contributed by atoms with van der Waals surface area (Å²) in [5.74, 6) is -1.28. The normalized spacial score (nSPS) is 17.7. The number of anilines is 1. The average Bonchev–Trinajstić information content (AvgIpc) is 3.44. The zero-order valence-corrected chi connectivity index (χ0v) is 20.7. The number of carbonyl (C=O) groups excluding carboxylic acids is 2. The molecule has 1 aliphatic rings. The molecule has 4 rings (SSSR count). The van der Waals surface area contributed by atoms with Crippen LogP contribution in [0.5, 0.6) is 5.75 Å². The van der Waals surface area contributed by atoms with Gasteiger partial charge in [0.1, 0.15) is 17.6 Å². The molecule has 35 heavy (non-hydrogen) atoms. The minimum atomic E-state index is -3.93. The van der Waals surface area contributed by atoms with Crippen molar-refractivity contribution in [3.05, 3.63) is 81.6 Å². The molecule has 0 aliphatic carbocycles. The Balaban J connectivity index is 1.83. The summed E-state index contributed by atoms with van der Waals surface area (Å²) in [5, 5.41) is 18.2. The highest BCUT2D eigenvalue weighted by Gasteiger charge is 2.47. The summed E-state index contributed by atoms with van der Waals surface area (Å²) in [6.07, 6.45) is 0.851. The van der Waals surface area contributed by atoms with Gasteiger partial charge < -0.3 is 9.84 Å². The van der Waals surface area contributed by atoms with E-state index >= 15 is 0 Å². The molecule has 1 amide bonds. The second-order valence-electron chi connectivity index (χ2n) is 8.05. The number of ketones is 1. The maximum absolute atomic E-state index is 13.2. The summed E-state index contributed by atoms with van der Waals surface area (Å²) in [5.41, 5.74) is 1.42. The number of rotatable bonds is 7. The van der Waals surface area contributed by atoms with Crippen LogP contribution in [-0.2, 0) is 19.6 Å². The molecule has 3 aromatic rings. The van der Waals surface area contributed by atoms with Crippen LogP contribution in [0.2, 0.25) is 0 Å². The van der Waals surface area contributed by atoms with E-state index in [1.165, 1.54) is 40.5 Å².